The molecule has 4 aromatic rings. The van der Waals surface area contributed by atoms with Gasteiger partial charge >= 0.3 is 11.9 Å². The number of carbonyl (C=O) groups is 1. The summed E-state index contributed by atoms with van der Waals surface area (Å²) in [7, 11) is 0. The van der Waals surface area contributed by atoms with E-state index in [0.717, 1.165) is 42.5 Å². The van der Waals surface area contributed by atoms with Crippen molar-refractivity contribution in [2.24, 2.45) is 0 Å². The van der Waals surface area contributed by atoms with Crippen LogP contribution in [0.4, 0.5) is 27.6 Å². The molecule has 0 radical (unpaired) electrons. The van der Waals surface area contributed by atoms with Crippen molar-refractivity contribution in [3.8, 4) is 5.69 Å². The number of hydrogen-bond acceptors (Lipinski definition) is 4. The highest BCUT2D eigenvalue weighted by Crippen LogP contribution is 2.29. The Morgan fingerprint density at radius 2 is 1.64 bits per heavy atom. The second-order valence-electron chi connectivity index (χ2n) is 7.55. The van der Waals surface area contributed by atoms with Crippen molar-refractivity contribution in [1.29, 1.82) is 0 Å². The van der Waals surface area contributed by atoms with Crippen molar-refractivity contribution < 1.29 is 26.7 Å². The Morgan fingerprint density at radius 1 is 0.917 bits per heavy atom. The van der Waals surface area contributed by atoms with Gasteiger partial charge < -0.3 is 5.32 Å². The van der Waals surface area contributed by atoms with Gasteiger partial charge in [0, 0.05) is 5.69 Å². The molecule has 4 rings (SSSR count). The number of carbonyl (C=O) groups excluding carboxylic acids is 1. The molecule has 12 heteroatoms. The van der Waals surface area contributed by atoms with Crippen LogP contribution in [0.15, 0.2) is 82.4 Å². The van der Waals surface area contributed by atoms with Crippen LogP contribution in [0.2, 0.25) is 0 Å². The Balaban J connectivity index is 1.87. The number of nitrogens with zero attached hydrogens (tertiary/aromatic N) is 3. The molecule has 3 aromatic carbocycles. The van der Waals surface area contributed by atoms with Crippen LogP contribution in [-0.2, 0) is 12.7 Å². The molecule has 1 heterocycles. The van der Waals surface area contributed by atoms with E-state index in [9.17, 15) is 36.3 Å². The van der Waals surface area contributed by atoms with Crippen molar-refractivity contribution in [3.05, 3.63) is 122 Å². The maximum absolute atomic E-state index is 14.5. The predicted molar refractivity (Wildman–Crippen MR) is 119 cm³/mol. The Kier molecular flexibility index (Phi) is 6.51. The van der Waals surface area contributed by atoms with Gasteiger partial charge in [-0.2, -0.15) is 23.0 Å². The molecular weight excluding hydrogens is 487 g/mol. The first-order chi connectivity index (χ1) is 17.0. The number of anilines is 1. The first kappa shape index (κ1) is 24.5. The lowest BCUT2D eigenvalue weighted by Gasteiger charge is -2.14. The molecule has 0 atom stereocenters. The van der Waals surface area contributed by atoms with Gasteiger partial charge in [0.15, 0.2) is 0 Å². The molecule has 0 bridgehead atoms. The monoisotopic (exact) mass is 502 g/mol. The zero-order valence-corrected chi connectivity index (χ0v) is 18.1. The van der Waals surface area contributed by atoms with E-state index in [1.165, 1.54) is 30.3 Å². The molecular formula is C24H15F5N4O3. The number of amides is 1. The molecule has 0 aliphatic heterocycles. The summed E-state index contributed by atoms with van der Waals surface area (Å²) in [5.41, 5.74) is -4.82. The van der Waals surface area contributed by atoms with Gasteiger partial charge in [0.2, 0.25) is 5.69 Å². The van der Waals surface area contributed by atoms with Gasteiger partial charge in [-0.1, -0.05) is 30.3 Å². The van der Waals surface area contributed by atoms with Gasteiger partial charge in [-0.15, -0.1) is 0 Å². The van der Waals surface area contributed by atoms with E-state index in [-0.39, 0.29) is 11.3 Å². The quantitative estimate of drug-likeness (QED) is 0.419. The minimum Gasteiger partial charge on any atom is -0.320 e. The van der Waals surface area contributed by atoms with Crippen molar-refractivity contribution in [1.82, 2.24) is 14.3 Å². The second-order valence-corrected chi connectivity index (χ2v) is 7.55. The lowest BCUT2D eigenvalue weighted by molar-refractivity contribution is -0.137. The fourth-order valence-corrected chi connectivity index (χ4v) is 3.36. The van der Waals surface area contributed by atoms with Crippen LogP contribution >= 0.6 is 0 Å². The topological polar surface area (TPSA) is 86.0 Å². The molecule has 0 saturated heterocycles. The largest absolute Gasteiger partial charge is 0.416 e. The fourth-order valence-electron chi connectivity index (χ4n) is 3.36. The van der Waals surface area contributed by atoms with E-state index in [4.69, 9.17) is 0 Å². The molecule has 1 N–H and O–H groups in total. The van der Waals surface area contributed by atoms with Crippen molar-refractivity contribution in [2.45, 2.75) is 12.7 Å². The summed E-state index contributed by atoms with van der Waals surface area (Å²) >= 11 is 0. The van der Waals surface area contributed by atoms with Crippen molar-refractivity contribution in [2.75, 3.05) is 5.32 Å². The maximum Gasteiger partial charge on any atom is 0.416 e. The highest BCUT2D eigenvalue weighted by Gasteiger charge is 2.30. The standard InChI is InChI=1S/C24H15F5N4O3/c25-16-7-4-8-17(12-16)30-21(34)20-22(35)32(13-14-5-3-6-15(11-14)24(27,28)29)23(36)33(31-20)19-10-2-1-9-18(19)26/h1-12H,13H2,(H,30,34). The van der Waals surface area contributed by atoms with Crippen molar-refractivity contribution in [3.63, 3.8) is 0 Å². The number of benzene rings is 3. The van der Waals surface area contributed by atoms with Crippen LogP contribution < -0.4 is 16.6 Å². The molecule has 0 fully saturated rings. The summed E-state index contributed by atoms with van der Waals surface area (Å²) in [4.78, 5) is 39.0. The molecule has 1 amide bonds. The maximum atomic E-state index is 14.5. The van der Waals surface area contributed by atoms with Gasteiger partial charge in [0.05, 0.1) is 12.1 Å². The van der Waals surface area contributed by atoms with Crippen LogP contribution in [0.25, 0.3) is 5.69 Å². The lowest BCUT2D eigenvalue weighted by atomic mass is 10.1. The number of rotatable bonds is 5. The lowest BCUT2D eigenvalue weighted by Crippen LogP contribution is -2.45. The van der Waals surface area contributed by atoms with Gasteiger partial charge in [-0.25, -0.2) is 13.6 Å². The summed E-state index contributed by atoms with van der Waals surface area (Å²) in [5, 5.41) is 5.99. The summed E-state index contributed by atoms with van der Waals surface area (Å²) in [6.07, 6.45) is -4.68. The number of aromatic nitrogens is 3. The molecule has 0 aliphatic rings. The first-order valence-corrected chi connectivity index (χ1v) is 10.3. The molecule has 184 valence electrons. The molecule has 0 aliphatic carbocycles. The third kappa shape index (κ3) is 5.06. The molecule has 7 nitrogen and oxygen atoms in total. The number of halogens is 5. The number of alkyl halides is 3. The van der Waals surface area contributed by atoms with Crippen LogP contribution in [0.1, 0.15) is 21.6 Å². The normalized spacial score (nSPS) is 11.4. The highest BCUT2D eigenvalue weighted by atomic mass is 19.4. The van der Waals surface area contributed by atoms with E-state index >= 15 is 0 Å². The summed E-state index contributed by atoms with van der Waals surface area (Å²) in [6.45, 7) is -0.668. The van der Waals surface area contributed by atoms with Crippen LogP contribution in [-0.4, -0.2) is 20.3 Å². The Morgan fingerprint density at radius 3 is 2.33 bits per heavy atom. The fraction of sp³-hybridized carbons (Fsp3) is 0.0833. The Bertz CT molecular complexity index is 1580. The summed E-state index contributed by atoms with van der Waals surface area (Å²) in [5.74, 6) is -2.74. The van der Waals surface area contributed by atoms with Gasteiger partial charge in [0.25, 0.3) is 11.5 Å². The third-order valence-corrected chi connectivity index (χ3v) is 5.03. The van der Waals surface area contributed by atoms with Gasteiger partial charge in [-0.05, 0) is 48.0 Å². The number of hydrogen-bond donors (Lipinski definition) is 1. The van der Waals surface area contributed by atoms with Crippen LogP contribution in [0.5, 0.6) is 0 Å². The minimum absolute atomic E-state index is 0.0331. The third-order valence-electron chi connectivity index (χ3n) is 5.03. The molecule has 0 saturated carbocycles. The van der Waals surface area contributed by atoms with E-state index in [1.807, 2.05) is 0 Å². The number of para-hydroxylation sites is 1. The Labute approximate surface area is 199 Å². The minimum atomic E-state index is -4.68. The molecule has 0 spiro atoms. The van der Waals surface area contributed by atoms with E-state index in [1.54, 1.807) is 0 Å². The molecule has 1 aromatic heterocycles. The zero-order valence-electron chi connectivity index (χ0n) is 18.1. The Hall–Kier alpha value is -4.61. The summed E-state index contributed by atoms with van der Waals surface area (Å²) in [6, 6.07) is 13.5. The molecule has 0 unspecified atom stereocenters. The van der Waals surface area contributed by atoms with E-state index in [0.29, 0.717) is 9.25 Å². The average Bonchev–Trinajstić information content (AvgIpc) is 2.82. The average molecular weight is 502 g/mol. The number of nitrogens with one attached hydrogen (secondary N) is 1. The summed E-state index contributed by atoms with van der Waals surface area (Å²) < 4.78 is 68.3. The SMILES string of the molecule is O=C(Nc1cccc(F)c1)c1nn(-c2ccccc2F)c(=O)n(Cc2cccc(C(F)(F)F)c2)c1=O. The van der Waals surface area contributed by atoms with Crippen molar-refractivity contribution >= 4 is 11.6 Å². The van der Waals surface area contributed by atoms with E-state index < -0.39 is 58.5 Å². The first-order valence-electron chi connectivity index (χ1n) is 10.3. The predicted octanol–water partition coefficient (Wildman–Crippen LogP) is 3.99. The van der Waals surface area contributed by atoms with Crippen LogP contribution in [0.3, 0.4) is 0 Å². The zero-order chi connectivity index (χ0) is 26.0. The van der Waals surface area contributed by atoms with Gasteiger partial charge in [0.1, 0.15) is 17.3 Å². The smallest absolute Gasteiger partial charge is 0.320 e. The second kappa shape index (κ2) is 9.56. The van der Waals surface area contributed by atoms with Crippen LogP contribution in [0, 0.1) is 11.6 Å². The van der Waals surface area contributed by atoms with E-state index in [2.05, 4.69) is 10.4 Å². The van der Waals surface area contributed by atoms with Gasteiger partial charge in [-0.3, -0.25) is 14.2 Å². The highest BCUT2D eigenvalue weighted by molar-refractivity contribution is 6.02. The molecule has 36 heavy (non-hydrogen) atoms.